The number of hydrogen-bond acceptors (Lipinski definition) is 3. The zero-order valence-electron chi connectivity index (χ0n) is 10.4. The van der Waals surface area contributed by atoms with Crippen molar-refractivity contribution in [3.8, 4) is 17.0 Å². The van der Waals surface area contributed by atoms with E-state index < -0.39 is 5.95 Å². The quantitative estimate of drug-likeness (QED) is 0.599. The summed E-state index contributed by atoms with van der Waals surface area (Å²) in [6, 6.07) is 5.98. The van der Waals surface area contributed by atoms with Crippen LogP contribution in [0.1, 0.15) is 1.43 Å². The molecule has 1 aromatic carbocycles. The first-order valence-corrected chi connectivity index (χ1v) is 5.35. The number of nitrogen functional groups attached to an aromatic ring is 1. The molecule has 0 aliphatic carbocycles. The number of nitrogens with two attached hydrogens (primary N) is 1. The molecule has 18 heavy (non-hydrogen) atoms. The fourth-order valence-corrected chi connectivity index (χ4v) is 1.77. The van der Waals surface area contributed by atoms with Crippen molar-refractivity contribution in [2.45, 2.75) is 0 Å². The van der Waals surface area contributed by atoms with Gasteiger partial charge in [-0.05, 0) is 24.3 Å². The summed E-state index contributed by atoms with van der Waals surface area (Å²) < 4.78 is 13.4. The smallest absolute Gasteiger partial charge is 1.00 e. The maximum atomic E-state index is 13.4. The van der Waals surface area contributed by atoms with Gasteiger partial charge in [0.25, 0.3) is 0 Å². The molecule has 0 amide bonds. The van der Waals surface area contributed by atoms with Crippen molar-refractivity contribution >= 4 is 28.9 Å². The SMILES string of the molecule is Nc1c(Cl)c(F)nc(-c2ccc(O)cc2)c1Cl.[H-].[K+]. The van der Waals surface area contributed by atoms with Gasteiger partial charge in [0.1, 0.15) is 10.8 Å². The molecule has 0 unspecified atom stereocenters. The standard InChI is InChI=1S/C11H7Cl2FN2O.K.H/c12-7-9(15)8(13)11(14)16-10(7)5-1-3-6(17)4-2-5;;/h1-4,17H,(H2,15,16);;/q;+1;-1. The van der Waals surface area contributed by atoms with Crippen LogP contribution in [0, 0.1) is 5.95 Å². The average Bonchev–Trinajstić information content (AvgIpc) is 2.32. The molecule has 2 rings (SSSR count). The van der Waals surface area contributed by atoms with E-state index in [2.05, 4.69) is 4.98 Å². The van der Waals surface area contributed by atoms with Gasteiger partial charge in [0.15, 0.2) is 0 Å². The first kappa shape index (κ1) is 16.2. The van der Waals surface area contributed by atoms with Crippen molar-refractivity contribution in [3.05, 3.63) is 40.3 Å². The van der Waals surface area contributed by atoms with Crippen molar-refractivity contribution in [2.75, 3.05) is 5.73 Å². The Hall–Kier alpha value is 0.116. The van der Waals surface area contributed by atoms with Gasteiger partial charge in [-0.2, -0.15) is 4.39 Å². The Bertz CT molecular complexity index is 584. The van der Waals surface area contributed by atoms with Gasteiger partial charge in [-0.1, -0.05) is 23.2 Å². The van der Waals surface area contributed by atoms with Gasteiger partial charge in [0.2, 0.25) is 5.95 Å². The predicted octanol–water partition coefficient (Wildman–Crippen LogP) is 0.599. The topological polar surface area (TPSA) is 59.1 Å². The fraction of sp³-hybridized carbons (Fsp3) is 0. The summed E-state index contributed by atoms with van der Waals surface area (Å²) in [4.78, 5) is 3.64. The van der Waals surface area contributed by atoms with Gasteiger partial charge in [-0.3, -0.25) is 0 Å². The van der Waals surface area contributed by atoms with Crippen molar-refractivity contribution in [2.24, 2.45) is 0 Å². The predicted molar refractivity (Wildman–Crippen MR) is 66.8 cm³/mol. The van der Waals surface area contributed by atoms with E-state index in [0.717, 1.165) is 0 Å². The Morgan fingerprint density at radius 1 is 1.17 bits per heavy atom. The third kappa shape index (κ3) is 3.16. The molecular weight excluding hydrogens is 305 g/mol. The van der Waals surface area contributed by atoms with Gasteiger partial charge in [0, 0.05) is 5.56 Å². The summed E-state index contributed by atoms with van der Waals surface area (Å²) in [6.07, 6.45) is 0. The molecule has 3 nitrogen and oxygen atoms in total. The van der Waals surface area contributed by atoms with Gasteiger partial charge in [0.05, 0.1) is 16.4 Å². The minimum atomic E-state index is -0.878. The number of anilines is 1. The molecule has 0 bridgehead atoms. The summed E-state index contributed by atoms with van der Waals surface area (Å²) in [5.41, 5.74) is 6.23. The van der Waals surface area contributed by atoms with Gasteiger partial charge in [-0.15, -0.1) is 0 Å². The van der Waals surface area contributed by atoms with Crippen LogP contribution < -0.4 is 57.1 Å². The number of phenols is 1. The second-order valence-corrected chi connectivity index (χ2v) is 4.10. The second-order valence-electron chi connectivity index (χ2n) is 3.34. The summed E-state index contributed by atoms with van der Waals surface area (Å²) in [5, 5.41) is 8.94. The van der Waals surface area contributed by atoms with E-state index >= 15 is 0 Å². The first-order chi connectivity index (χ1) is 8.00. The van der Waals surface area contributed by atoms with Crippen molar-refractivity contribution in [3.63, 3.8) is 0 Å². The zero-order valence-corrected chi connectivity index (χ0v) is 14.1. The van der Waals surface area contributed by atoms with E-state index in [1.54, 1.807) is 12.1 Å². The Morgan fingerprint density at radius 2 is 1.72 bits per heavy atom. The molecule has 7 heteroatoms. The average molecular weight is 313 g/mol. The van der Waals surface area contributed by atoms with Crippen LogP contribution in [0.4, 0.5) is 10.1 Å². The molecule has 0 aliphatic heterocycles. The summed E-state index contributed by atoms with van der Waals surface area (Å²) >= 11 is 11.5. The fourth-order valence-electron chi connectivity index (χ4n) is 1.34. The number of nitrogens with zero attached hydrogens (tertiary/aromatic N) is 1. The number of halogens is 3. The van der Waals surface area contributed by atoms with Crippen LogP contribution in [0.5, 0.6) is 5.75 Å². The van der Waals surface area contributed by atoms with Crippen LogP contribution in [0.15, 0.2) is 24.3 Å². The van der Waals surface area contributed by atoms with Gasteiger partial charge < -0.3 is 12.3 Å². The number of pyridine rings is 1. The van der Waals surface area contributed by atoms with Gasteiger partial charge >= 0.3 is 51.4 Å². The van der Waals surface area contributed by atoms with E-state index in [4.69, 9.17) is 34.0 Å². The third-order valence-corrected chi connectivity index (χ3v) is 2.95. The van der Waals surface area contributed by atoms with Crippen LogP contribution in [-0.2, 0) is 0 Å². The molecule has 1 heterocycles. The summed E-state index contributed by atoms with van der Waals surface area (Å²) in [7, 11) is 0. The minimum Gasteiger partial charge on any atom is -1.00 e. The minimum absolute atomic E-state index is 0. The molecule has 0 saturated heterocycles. The third-order valence-electron chi connectivity index (χ3n) is 2.21. The molecule has 3 N–H and O–H groups in total. The molecule has 0 spiro atoms. The van der Waals surface area contributed by atoms with E-state index in [1.165, 1.54) is 12.1 Å². The zero-order chi connectivity index (χ0) is 12.6. The molecule has 0 saturated carbocycles. The van der Waals surface area contributed by atoms with Crippen molar-refractivity contribution in [1.82, 2.24) is 4.98 Å². The maximum Gasteiger partial charge on any atom is 1.00 e. The summed E-state index contributed by atoms with van der Waals surface area (Å²) in [6.45, 7) is 0. The molecule has 1 aromatic heterocycles. The Balaban J connectivity index is 0.00000162. The number of phenolic OH excluding ortho intramolecular Hbond substituents is 1. The molecular formula is C11H8Cl2FKN2O. The normalized spacial score (nSPS) is 9.94. The van der Waals surface area contributed by atoms with Crippen LogP contribution in [-0.4, -0.2) is 10.1 Å². The summed E-state index contributed by atoms with van der Waals surface area (Å²) in [5.74, 6) is -0.788. The number of benzene rings is 1. The molecule has 0 fully saturated rings. The van der Waals surface area contributed by atoms with E-state index in [-0.39, 0.29) is 80.0 Å². The van der Waals surface area contributed by atoms with Crippen molar-refractivity contribution in [1.29, 1.82) is 0 Å². The van der Waals surface area contributed by atoms with E-state index in [1.807, 2.05) is 0 Å². The maximum absolute atomic E-state index is 13.4. The number of hydrogen-bond donors (Lipinski definition) is 2. The monoisotopic (exact) mass is 312 g/mol. The second kappa shape index (κ2) is 6.52. The first-order valence-electron chi connectivity index (χ1n) is 4.60. The van der Waals surface area contributed by atoms with E-state index in [0.29, 0.717) is 5.56 Å². The molecule has 0 radical (unpaired) electrons. The Labute approximate surface area is 157 Å². The van der Waals surface area contributed by atoms with Crippen LogP contribution in [0.25, 0.3) is 11.3 Å². The molecule has 0 aliphatic rings. The number of aromatic nitrogens is 1. The van der Waals surface area contributed by atoms with Crippen LogP contribution in [0.2, 0.25) is 10.0 Å². The van der Waals surface area contributed by atoms with Crippen molar-refractivity contribution < 1.29 is 62.3 Å². The van der Waals surface area contributed by atoms with E-state index in [9.17, 15) is 4.39 Å². The largest absolute Gasteiger partial charge is 1.00 e. The number of aromatic hydroxyl groups is 1. The molecule has 2 aromatic rings. The molecule has 0 atom stereocenters. The molecule has 90 valence electrons. The number of rotatable bonds is 1. The van der Waals surface area contributed by atoms with Crippen LogP contribution in [0.3, 0.4) is 0 Å². The van der Waals surface area contributed by atoms with Gasteiger partial charge in [-0.25, -0.2) is 4.98 Å². The Morgan fingerprint density at radius 3 is 2.28 bits per heavy atom. The van der Waals surface area contributed by atoms with Crippen LogP contribution >= 0.6 is 23.2 Å². The Kier molecular flexibility index (Phi) is 5.86.